The van der Waals surface area contributed by atoms with Crippen LogP contribution in [-0.2, 0) is 10.0 Å². The minimum atomic E-state index is -4.00. The number of rotatable bonds is 3. The first-order valence-electron chi connectivity index (χ1n) is 7.71. The third kappa shape index (κ3) is 4.00. The highest BCUT2D eigenvalue weighted by Gasteiger charge is 2.31. The number of sulfonamides is 1. The summed E-state index contributed by atoms with van der Waals surface area (Å²) in [6.45, 7) is 0.521. The van der Waals surface area contributed by atoms with Crippen LogP contribution in [0, 0.1) is 11.6 Å². The number of hydrogen-bond acceptors (Lipinski definition) is 3. The lowest BCUT2D eigenvalue weighted by Crippen LogP contribution is -2.33. The molecule has 1 heterocycles. The van der Waals surface area contributed by atoms with E-state index >= 15 is 0 Å². The Kier molecular flexibility index (Phi) is 5.68. The molecule has 0 spiro atoms. The molecule has 0 radical (unpaired) electrons. The number of nitrogens with zero attached hydrogens (tertiary/aromatic N) is 1. The average molecular weight is 404 g/mol. The Labute approximate surface area is 155 Å². The van der Waals surface area contributed by atoms with Crippen molar-refractivity contribution in [2.45, 2.75) is 16.6 Å². The van der Waals surface area contributed by atoms with Crippen molar-refractivity contribution in [1.82, 2.24) is 4.31 Å². The molecule has 1 aliphatic heterocycles. The second-order valence-electron chi connectivity index (χ2n) is 5.65. The van der Waals surface area contributed by atoms with Crippen LogP contribution in [0.3, 0.4) is 0 Å². The fourth-order valence-corrected chi connectivity index (χ4v) is 6.01. The van der Waals surface area contributed by atoms with E-state index in [1.807, 2.05) is 24.3 Å². The maximum Gasteiger partial charge on any atom is 0.246 e. The Morgan fingerprint density at radius 2 is 1.88 bits per heavy atom. The Balaban J connectivity index is 1.82. The summed E-state index contributed by atoms with van der Waals surface area (Å²) in [5.41, 5.74) is 0.973. The topological polar surface area (TPSA) is 37.4 Å². The quantitative estimate of drug-likeness (QED) is 0.757. The number of benzene rings is 2. The van der Waals surface area contributed by atoms with E-state index in [9.17, 15) is 17.2 Å². The molecule has 3 rings (SSSR count). The van der Waals surface area contributed by atoms with Crippen molar-refractivity contribution in [1.29, 1.82) is 0 Å². The lowest BCUT2D eigenvalue weighted by Gasteiger charge is -2.20. The highest BCUT2D eigenvalue weighted by molar-refractivity contribution is 7.99. The van der Waals surface area contributed by atoms with E-state index in [4.69, 9.17) is 11.6 Å². The predicted octanol–water partition coefficient (Wildman–Crippen LogP) is 4.49. The Morgan fingerprint density at radius 1 is 1.12 bits per heavy atom. The van der Waals surface area contributed by atoms with E-state index in [0.29, 0.717) is 23.3 Å². The molecule has 1 saturated heterocycles. The van der Waals surface area contributed by atoms with Gasteiger partial charge >= 0.3 is 0 Å². The second kappa shape index (κ2) is 7.61. The molecular weight excluding hydrogens is 388 g/mol. The zero-order chi connectivity index (χ0) is 18.0. The molecule has 0 amide bonds. The van der Waals surface area contributed by atoms with Crippen molar-refractivity contribution in [3.8, 4) is 0 Å². The van der Waals surface area contributed by atoms with Crippen LogP contribution in [0.5, 0.6) is 0 Å². The standard InChI is InChI=1S/C17H16ClF2NO2S2/c18-14-4-2-1-3-13(14)16-7-8-21(9-10-24-16)25(22,23)17-6-5-12(19)11-15(17)20/h1-6,11,16H,7-10H2. The van der Waals surface area contributed by atoms with Gasteiger partial charge in [0.15, 0.2) is 0 Å². The van der Waals surface area contributed by atoms with Gasteiger partial charge in [0, 0.05) is 35.2 Å². The maximum absolute atomic E-state index is 13.9. The second-order valence-corrected chi connectivity index (χ2v) is 9.27. The van der Waals surface area contributed by atoms with Gasteiger partial charge in [0.25, 0.3) is 0 Å². The molecule has 25 heavy (non-hydrogen) atoms. The van der Waals surface area contributed by atoms with Gasteiger partial charge in [0.05, 0.1) is 0 Å². The van der Waals surface area contributed by atoms with Crippen LogP contribution in [0.4, 0.5) is 8.78 Å². The van der Waals surface area contributed by atoms with Crippen LogP contribution in [-0.4, -0.2) is 31.6 Å². The molecule has 1 atom stereocenters. The highest BCUT2D eigenvalue weighted by Crippen LogP contribution is 2.38. The SMILES string of the molecule is O=S(=O)(c1ccc(F)cc1F)N1CCSC(c2ccccc2Cl)CC1. The van der Waals surface area contributed by atoms with Crippen molar-refractivity contribution in [3.05, 3.63) is 64.7 Å². The van der Waals surface area contributed by atoms with Crippen molar-refractivity contribution in [2.75, 3.05) is 18.8 Å². The molecule has 1 unspecified atom stereocenters. The van der Waals surface area contributed by atoms with Gasteiger partial charge in [-0.05, 0) is 30.2 Å². The number of hydrogen-bond donors (Lipinski definition) is 0. The third-order valence-corrected chi connectivity index (χ3v) is 7.65. The van der Waals surface area contributed by atoms with E-state index < -0.39 is 26.6 Å². The van der Waals surface area contributed by atoms with E-state index in [1.165, 1.54) is 4.31 Å². The Morgan fingerprint density at radius 3 is 2.60 bits per heavy atom. The van der Waals surface area contributed by atoms with Gasteiger partial charge in [0.2, 0.25) is 10.0 Å². The van der Waals surface area contributed by atoms with Crippen LogP contribution in [0.1, 0.15) is 17.2 Å². The summed E-state index contributed by atoms with van der Waals surface area (Å²) in [4.78, 5) is -0.491. The summed E-state index contributed by atoms with van der Waals surface area (Å²) in [7, 11) is -4.00. The average Bonchev–Trinajstić information content (AvgIpc) is 2.81. The van der Waals surface area contributed by atoms with Crippen LogP contribution in [0.25, 0.3) is 0 Å². The predicted molar refractivity (Wildman–Crippen MR) is 96.4 cm³/mol. The summed E-state index contributed by atoms with van der Waals surface area (Å²) in [5, 5.41) is 0.729. The molecule has 1 aliphatic rings. The lowest BCUT2D eigenvalue weighted by molar-refractivity contribution is 0.423. The molecule has 0 N–H and O–H groups in total. The first-order chi connectivity index (χ1) is 11.9. The Bertz CT molecular complexity index is 877. The number of halogens is 3. The summed E-state index contributed by atoms with van der Waals surface area (Å²) in [5.74, 6) is -1.31. The van der Waals surface area contributed by atoms with Gasteiger partial charge in [-0.1, -0.05) is 29.8 Å². The van der Waals surface area contributed by atoms with E-state index in [1.54, 1.807) is 11.8 Å². The largest absolute Gasteiger partial charge is 0.246 e. The lowest BCUT2D eigenvalue weighted by atomic mass is 10.1. The number of thioether (sulfide) groups is 1. The molecule has 8 heteroatoms. The van der Waals surface area contributed by atoms with Gasteiger partial charge in [-0.15, -0.1) is 0 Å². The van der Waals surface area contributed by atoms with Gasteiger partial charge in [0.1, 0.15) is 16.5 Å². The van der Waals surface area contributed by atoms with Crippen LogP contribution in [0.2, 0.25) is 5.02 Å². The van der Waals surface area contributed by atoms with E-state index in [2.05, 4.69) is 0 Å². The molecule has 0 aromatic heterocycles. The van der Waals surface area contributed by atoms with Crippen molar-refractivity contribution < 1.29 is 17.2 Å². The monoisotopic (exact) mass is 403 g/mol. The van der Waals surface area contributed by atoms with Crippen molar-refractivity contribution >= 4 is 33.4 Å². The summed E-state index contributed by atoms with van der Waals surface area (Å²) in [6, 6.07) is 10.0. The van der Waals surface area contributed by atoms with Gasteiger partial charge in [-0.3, -0.25) is 0 Å². The summed E-state index contributed by atoms with van der Waals surface area (Å²) in [6.07, 6.45) is 0.566. The molecule has 0 bridgehead atoms. The first-order valence-corrected chi connectivity index (χ1v) is 10.6. The van der Waals surface area contributed by atoms with E-state index in [0.717, 1.165) is 17.7 Å². The van der Waals surface area contributed by atoms with Gasteiger partial charge < -0.3 is 0 Å². The highest BCUT2D eigenvalue weighted by atomic mass is 35.5. The van der Waals surface area contributed by atoms with Gasteiger partial charge in [-0.25, -0.2) is 17.2 Å². The fourth-order valence-electron chi connectivity index (χ4n) is 2.80. The maximum atomic E-state index is 13.9. The molecular formula is C17H16ClF2NO2S2. The minimum absolute atomic E-state index is 0.0759. The molecule has 2 aromatic carbocycles. The van der Waals surface area contributed by atoms with Crippen molar-refractivity contribution in [3.63, 3.8) is 0 Å². The fraction of sp³-hybridized carbons (Fsp3) is 0.294. The smallest absolute Gasteiger partial charge is 0.207 e. The normalized spacial score (nSPS) is 19.6. The summed E-state index contributed by atoms with van der Waals surface area (Å²) < 4.78 is 53.7. The van der Waals surface area contributed by atoms with Crippen LogP contribution >= 0.6 is 23.4 Å². The zero-order valence-corrected chi connectivity index (χ0v) is 15.6. The molecule has 1 fully saturated rings. The first kappa shape index (κ1) is 18.6. The molecule has 134 valence electrons. The third-order valence-electron chi connectivity index (χ3n) is 4.06. The zero-order valence-electron chi connectivity index (χ0n) is 13.2. The molecule has 3 nitrogen and oxygen atoms in total. The van der Waals surface area contributed by atoms with Crippen molar-refractivity contribution in [2.24, 2.45) is 0 Å². The molecule has 2 aromatic rings. The van der Waals surface area contributed by atoms with Crippen LogP contribution < -0.4 is 0 Å². The van der Waals surface area contributed by atoms with Crippen LogP contribution in [0.15, 0.2) is 47.4 Å². The minimum Gasteiger partial charge on any atom is -0.207 e. The molecule has 0 aliphatic carbocycles. The Hall–Kier alpha value is -1.15. The summed E-state index contributed by atoms with van der Waals surface area (Å²) >= 11 is 7.87. The van der Waals surface area contributed by atoms with E-state index in [-0.39, 0.29) is 18.3 Å². The molecule has 0 saturated carbocycles. The van der Waals surface area contributed by atoms with Gasteiger partial charge in [-0.2, -0.15) is 16.1 Å².